The molecule has 23 nitrogen and oxygen atoms in total. The normalized spacial score (nSPS) is 14.2. The second-order valence-electron chi connectivity index (χ2n) is 29.4. The molecule has 9 rings (SSSR count). The van der Waals surface area contributed by atoms with Crippen LogP contribution in [-0.4, -0.2) is 134 Å². The van der Waals surface area contributed by atoms with Gasteiger partial charge in [-0.05, 0) is 151 Å². The van der Waals surface area contributed by atoms with Crippen molar-refractivity contribution in [3.63, 3.8) is 0 Å². The Morgan fingerprint density at radius 1 is 0.609 bits per heavy atom. The molecule has 0 saturated carbocycles. The Labute approximate surface area is 678 Å². The quantitative estimate of drug-likeness (QED) is 0.0193. The summed E-state index contributed by atoms with van der Waals surface area (Å²) in [5, 5.41) is 21.3. The highest BCUT2D eigenvalue weighted by Crippen LogP contribution is 2.42. The number of nitrogens with zero attached hydrogens (tertiary/aromatic N) is 8. The zero-order valence-electron chi connectivity index (χ0n) is 69.7. The van der Waals surface area contributed by atoms with Gasteiger partial charge in [0.1, 0.15) is 41.9 Å². The molecule has 0 fully saturated rings. The first-order valence-electron chi connectivity index (χ1n) is 40.1. The smallest absolute Gasteiger partial charge is 0.341 e. The van der Waals surface area contributed by atoms with E-state index in [1.807, 2.05) is 48.5 Å². The van der Waals surface area contributed by atoms with Crippen LogP contribution in [0.2, 0.25) is 0 Å². The van der Waals surface area contributed by atoms with E-state index in [0.717, 1.165) is 61.1 Å². The number of aromatic nitrogens is 6. The number of nitriles is 1. The van der Waals surface area contributed by atoms with E-state index in [1.54, 1.807) is 78.8 Å². The Bertz CT molecular complexity index is 4680. The average molecular weight is 1570 g/mol. The number of ketones is 3. The van der Waals surface area contributed by atoms with Gasteiger partial charge in [0.2, 0.25) is 11.8 Å². The molecule has 4 heterocycles. The van der Waals surface area contributed by atoms with Crippen molar-refractivity contribution < 1.29 is 52.9 Å². The Kier molecular flexibility index (Phi) is 35.3. The summed E-state index contributed by atoms with van der Waals surface area (Å²) in [6, 6.07) is 34.9. The lowest BCUT2D eigenvalue weighted by Gasteiger charge is -2.32. The number of amides is 2. The number of esters is 1. The van der Waals surface area contributed by atoms with Crippen LogP contribution in [0, 0.1) is 76.5 Å². The van der Waals surface area contributed by atoms with E-state index in [2.05, 4.69) is 109 Å². The van der Waals surface area contributed by atoms with Crippen molar-refractivity contribution in [1.82, 2.24) is 40.1 Å². The molecule has 0 saturated heterocycles. The lowest BCUT2D eigenvalue weighted by Crippen LogP contribution is -2.46. The number of ether oxygens (including phenoxy) is 3. The van der Waals surface area contributed by atoms with Crippen LogP contribution in [0.5, 0.6) is 11.5 Å². The summed E-state index contributed by atoms with van der Waals surface area (Å²) in [4.78, 5) is 123. The van der Waals surface area contributed by atoms with Crippen LogP contribution in [0.1, 0.15) is 218 Å². The molecule has 115 heavy (non-hydrogen) atoms. The third-order valence-corrected chi connectivity index (χ3v) is 21.2. The Morgan fingerprint density at radius 2 is 1.06 bits per heavy atom. The van der Waals surface area contributed by atoms with Gasteiger partial charge in [0.15, 0.2) is 34.8 Å². The Hall–Kier alpha value is -11.1. The Morgan fingerprint density at radius 3 is 1.50 bits per heavy atom. The highest BCUT2D eigenvalue weighted by Gasteiger charge is 2.37. The average Bonchev–Trinajstić information content (AvgIpc) is 0.754. The minimum atomic E-state index is -1.24. The zero-order chi connectivity index (χ0) is 84.2. The van der Waals surface area contributed by atoms with E-state index in [0.29, 0.717) is 102 Å². The van der Waals surface area contributed by atoms with Crippen LogP contribution in [-0.2, 0) is 43.2 Å². The van der Waals surface area contributed by atoms with E-state index in [4.69, 9.17) is 41.4 Å². The van der Waals surface area contributed by atoms with E-state index < -0.39 is 53.5 Å². The van der Waals surface area contributed by atoms with E-state index >= 15 is 0 Å². The number of Topliss-reactive ketones (excluding diaryl/α,β-unsaturated/α-hetero) is 3. The highest BCUT2D eigenvalue weighted by molar-refractivity contribution is 6.02. The molecule has 8 aromatic rings. The first-order chi connectivity index (χ1) is 55.1. The Balaban J connectivity index is 0.000000313. The summed E-state index contributed by atoms with van der Waals surface area (Å²) in [6.45, 7) is 26.2. The molecule has 0 aliphatic carbocycles. The van der Waals surface area contributed by atoms with Crippen LogP contribution in [0.15, 0.2) is 115 Å². The number of aromatic carboxylic acids is 1. The number of methoxy groups -OCH3 is 1. The summed E-state index contributed by atoms with van der Waals surface area (Å²) < 4.78 is 17.1. The molecular formula is C92H116N12O11. The van der Waals surface area contributed by atoms with Crippen LogP contribution >= 0.6 is 0 Å². The number of hydrogen-bond acceptors (Lipinski definition) is 20. The highest BCUT2D eigenvalue weighted by atomic mass is 16.5. The third-order valence-electron chi connectivity index (χ3n) is 21.2. The van der Waals surface area contributed by atoms with Crippen molar-refractivity contribution >= 4 is 47.2 Å². The van der Waals surface area contributed by atoms with Gasteiger partial charge in [0, 0.05) is 85.5 Å². The van der Waals surface area contributed by atoms with Crippen LogP contribution in [0.3, 0.4) is 0 Å². The minimum absolute atomic E-state index is 0.0309. The van der Waals surface area contributed by atoms with Gasteiger partial charge in [-0.2, -0.15) is 5.26 Å². The van der Waals surface area contributed by atoms with Crippen LogP contribution in [0.25, 0.3) is 51.4 Å². The van der Waals surface area contributed by atoms with Crippen molar-refractivity contribution in [3.8, 4) is 62.9 Å². The number of fused-ring (bicyclic) bond motifs is 5. The molecule has 5 aromatic carbocycles. The molecule has 4 bridgehead atoms. The number of rotatable bonds is 32. The van der Waals surface area contributed by atoms with Gasteiger partial charge >= 0.3 is 11.9 Å². The van der Waals surface area contributed by atoms with E-state index in [1.165, 1.54) is 54.2 Å². The molecule has 0 radical (unpaired) electrons. The fourth-order valence-electron chi connectivity index (χ4n) is 14.4. The van der Waals surface area contributed by atoms with Crippen molar-refractivity contribution in [2.45, 2.75) is 192 Å². The summed E-state index contributed by atoms with van der Waals surface area (Å²) in [5.41, 5.74) is 32.0. The number of carboxylic acid groups (broad SMARTS) is 1. The van der Waals surface area contributed by atoms with Crippen molar-refractivity contribution in [3.05, 3.63) is 193 Å². The maximum Gasteiger partial charge on any atom is 0.341 e. The van der Waals surface area contributed by atoms with E-state index in [9.17, 15) is 43.9 Å². The van der Waals surface area contributed by atoms with E-state index in [-0.39, 0.29) is 88.5 Å². The maximum absolute atomic E-state index is 14.9. The lowest BCUT2D eigenvalue weighted by atomic mass is 9.88. The summed E-state index contributed by atoms with van der Waals surface area (Å²) in [5.74, 6) is -1.48. The van der Waals surface area contributed by atoms with Gasteiger partial charge in [-0.15, -0.1) is 0 Å². The number of carbonyl (C=O) groups excluding carboxylic acids is 6. The number of carbonyl (C=O) groups is 7. The number of aryl methyl sites for hydroxylation is 6. The number of hydrogen-bond donors (Lipinski definition) is 5. The monoisotopic (exact) mass is 1560 g/mol. The first-order valence-corrected chi connectivity index (χ1v) is 40.1. The first kappa shape index (κ1) is 91.1. The van der Waals surface area contributed by atoms with Crippen molar-refractivity contribution in [2.75, 3.05) is 47.0 Å². The standard InChI is InChI=1S/C53H68N8O7.C20H24N2O2.C19H24N2O2/c1-7-35(8-2)27-36-11-14-38(15-12-36)51-58-33(4)49(34(5)59-51)45(63)31-40(19-21-55)53(66)61(6)50-39-16-18-48(68-25-23-57)42(30-39)41-28-37(13-17-47(41)67-24-22-56)29-43(44(62)10-9-20-54)60-52(65)32(3)26-46(50)64;1-6-15(7-2)12-16-8-10-17(11-9-16)19-21-13(3)18(14(4)22-19)20(23)24-5;1-5-14(6-2)11-15-7-9-16(10-8-15)18-20-12(3)17(19(22)23)13(4)21-18/h11-18,28,30,32,35,40,43,50H,7-10,19,21-27,29,31,55-57H2,1-6H3,(H,60,65);8-12H,6-7H2,1-5H3;7-10,14H,5-6,11H2,1-4H3,(H,22,23)/t32-,40-,43+,50+;;/m1../s1. The number of nitrogens with one attached hydrogen (secondary N) is 1. The summed E-state index contributed by atoms with van der Waals surface area (Å²) in [6.07, 6.45) is 10.7. The molecular weight excluding hydrogens is 1450 g/mol. The van der Waals surface area contributed by atoms with Gasteiger partial charge in [-0.1, -0.05) is 171 Å². The number of nitrogens with two attached hydrogens (primary N) is 3. The number of carboxylic acids is 1. The van der Waals surface area contributed by atoms with Gasteiger partial charge < -0.3 is 46.7 Å². The van der Waals surface area contributed by atoms with Crippen LogP contribution < -0.4 is 32.0 Å². The molecule has 2 amide bonds. The largest absolute Gasteiger partial charge is 0.492 e. The fourth-order valence-corrected chi connectivity index (χ4v) is 14.4. The number of benzene rings is 5. The molecule has 8 N–H and O–H groups in total. The summed E-state index contributed by atoms with van der Waals surface area (Å²) >= 11 is 0. The predicted molar refractivity (Wildman–Crippen MR) is 450 cm³/mol. The van der Waals surface area contributed by atoms with Gasteiger partial charge in [-0.25, -0.2) is 39.5 Å². The van der Waals surface area contributed by atoms with Gasteiger partial charge in [-0.3, -0.25) is 24.0 Å². The zero-order valence-corrected chi connectivity index (χ0v) is 69.7. The molecule has 4 atom stereocenters. The fraction of sp³-hybridized carbons (Fsp3) is 0.435. The molecule has 1 aliphatic rings. The van der Waals surface area contributed by atoms with Gasteiger partial charge in [0.25, 0.3) is 0 Å². The topological polar surface area (TPSA) is 362 Å². The van der Waals surface area contributed by atoms with Crippen molar-refractivity contribution in [2.24, 2.45) is 40.9 Å². The van der Waals surface area contributed by atoms with Gasteiger partial charge in [0.05, 0.1) is 58.9 Å². The predicted octanol–water partition coefficient (Wildman–Crippen LogP) is 15.5. The van der Waals surface area contributed by atoms with Crippen molar-refractivity contribution in [1.29, 1.82) is 5.26 Å². The SMILES string of the molecule is CCC(=Cc1ccc(-c2nc(C)c(C(=O)OC)c(C)n2)cc1)CC.CCC(CC)Cc1ccc(-c2nc(C)c(C(=O)C[C@@H](CCN)C(=O)N(C)[C@@H]3C(=O)C[C@@H](C)C(=O)N[C@H](C(=O)CCC#N)Cc4ccc(OCCN)c(c4)-c4cc3ccc4OCCN)c(C)n2)cc1.CCC(CC)Cc1ccc(-c2nc(C)c(C(=O)O)c(C)n2)cc1. The second-order valence-corrected chi connectivity index (χ2v) is 29.4. The molecule has 0 spiro atoms. The lowest BCUT2D eigenvalue weighted by molar-refractivity contribution is -0.142. The molecule has 0 unspecified atom stereocenters. The number of allylic oxidation sites excluding steroid dienone is 1. The molecule has 23 heteroatoms. The molecule has 1 aliphatic heterocycles. The number of likely N-dealkylation sites (N-methyl/N-ethyl adjacent to an activating group) is 1. The maximum atomic E-state index is 14.9. The molecule has 610 valence electrons. The minimum Gasteiger partial charge on any atom is -0.492 e. The second kappa shape index (κ2) is 44.6. The third kappa shape index (κ3) is 24.7. The summed E-state index contributed by atoms with van der Waals surface area (Å²) in [7, 11) is 2.87. The van der Waals surface area contributed by atoms with Crippen LogP contribution in [0.4, 0.5) is 0 Å². The molecule has 3 aromatic heterocycles.